The van der Waals surface area contributed by atoms with Crippen LogP contribution in [0.2, 0.25) is 0 Å². The van der Waals surface area contributed by atoms with Crippen LogP contribution in [0, 0.1) is 17.6 Å². The molecule has 0 bridgehead atoms. The lowest BCUT2D eigenvalue weighted by Crippen LogP contribution is -2.32. The van der Waals surface area contributed by atoms with Crippen LogP contribution in [-0.2, 0) is 7.05 Å². The first-order valence-corrected chi connectivity index (χ1v) is 11.1. The summed E-state index contributed by atoms with van der Waals surface area (Å²) in [5.74, 6) is -1.70. The zero-order valence-electron chi connectivity index (χ0n) is 16.9. The number of carbonyl (C=O) groups excluding carboxylic acids is 1. The third kappa shape index (κ3) is 3.85. The van der Waals surface area contributed by atoms with Gasteiger partial charge < -0.3 is 10.2 Å². The number of carbonyl (C=O) groups is 1. The van der Waals surface area contributed by atoms with E-state index in [4.69, 9.17) is 0 Å². The Hall–Kier alpha value is -3.07. The Morgan fingerprint density at radius 2 is 2.03 bits per heavy atom. The van der Waals surface area contributed by atoms with Gasteiger partial charge in [-0.3, -0.25) is 9.48 Å². The highest BCUT2D eigenvalue weighted by Gasteiger charge is 2.33. The minimum Gasteiger partial charge on any atom is -0.343 e. The van der Waals surface area contributed by atoms with Crippen LogP contribution in [0.4, 0.5) is 19.6 Å². The van der Waals surface area contributed by atoms with Crippen molar-refractivity contribution in [2.75, 3.05) is 23.3 Å². The van der Waals surface area contributed by atoms with Crippen molar-refractivity contribution in [3.63, 3.8) is 0 Å². The molecule has 0 spiro atoms. The third-order valence-electron chi connectivity index (χ3n) is 5.77. The average Bonchev–Trinajstić information content (AvgIpc) is 3.30. The molecule has 1 amide bonds. The number of hydrogen-bond acceptors (Lipinski definition) is 5. The van der Waals surface area contributed by atoms with Gasteiger partial charge in [-0.15, -0.1) is 11.3 Å². The predicted molar refractivity (Wildman–Crippen MR) is 116 cm³/mol. The van der Waals surface area contributed by atoms with Gasteiger partial charge >= 0.3 is 0 Å². The van der Waals surface area contributed by atoms with Gasteiger partial charge in [-0.25, -0.2) is 13.8 Å². The van der Waals surface area contributed by atoms with Crippen LogP contribution in [0.15, 0.2) is 41.4 Å². The fourth-order valence-electron chi connectivity index (χ4n) is 4.10. The lowest BCUT2D eigenvalue weighted by molar-refractivity contribution is 0.102. The van der Waals surface area contributed by atoms with E-state index >= 15 is 0 Å². The molecule has 1 aliphatic carbocycles. The lowest BCUT2D eigenvalue weighted by atomic mass is 9.94. The van der Waals surface area contributed by atoms with Crippen LogP contribution >= 0.6 is 11.3 Å². The standard InChI is InChI=1S/C22H21F2N5OS/c1-28-19(11-18(27-28)21(30)26-20-16(23)3-2-4-17(20)24)15-12-29(22-25-8-10-31-22)9-7-14(15)13-5-6-13/h2-4,8,10-11,13H,5-7,9,12H2,1H3,(H,26,30). The maximum absolute atomic E-state index is 13.9. The number of rotatable bonds is 5. The molecule has 1 aromatic carbocycles. The number of aromatic nitrogens is 3. The van der Waals surface area contributed by atoms with Crippen LogP contribution in [0.5, 0.6) is 0 Å². The first-order chi connectivity index (χ1) is 15.0. The van der Waals surface area contributed by atoms with Crippen LogP contribution in [0.25, 0.3) is 5.57 Å². The van der Waals surface area contributed by atoms with Crippen molar-refractivity contribution in [3.8, 4) is 0 Å². The zero-order chi connectivity index (χ0) is 21.5. The smallest absolute Gasteiger partial charge is 0.276 e. The molecular formula is C22H21F2N5OS. The summed E-state index contributed by atoms with van der Waals surface area (Å²) in [6.45, 7) is 1.61. The fourth-order valence-corrected chi connectivity index (χ4v) is 4.77. The van der Waals surface area contributed by atoms with E-state index in [1.54, 1.807) is 35.3 Å². The van der Waals surface area contributed by atoms with E-state index in [9.17, 15) is 13.6 Å². The molecule has 1 aliphatic heterocycles. The number of nitrogens with one attached hydrogen (secondary N) is 1. The number of amides is 1. The zero-order valence-corrected chi connectivity index (χ0v) is 17.8. The largest absolute Gasteiger partial charge is 0.343 e. The van der Waals surface area contributed by atoms with Gasteiger partial charge in [-0.2, -0.15) is 5.10 Å². The molecule has 2 aliphatic rings. The Balaban J connectivity index is 1.45. The molecule has 1 fully saturated rings. The van der Waals surface area contributed by atoms with E-state index in [1.807, 2.05) is 5.38 Å². The van der Waals surface area contributed by atoms with Crippen molar-refractivity contribution in [2.45, 2.75) is 19.3 Å². The molecule has 0 saturated heterocycles. The van der Waals surface area contributed by atoms with Gasteiger partial charge in [0.1, 0.15) is 17.3 Å². The molecule has 2 aromatic heterocycles. The summed E-state index contributed by atoms with van der Waals surface area (Å²) in [5, 5.41) is 9.59. The molecule has 3 heterocycles. The molecule has 5 rings (SSSR count). The fraction of sp³-hybridized carbons (Fsp3) is 0.318. The summed E-state index contributed by atoms with van der Waals surface area (Å²) < 4.78 is 29.5. The minimum absolute atomic E-state index is 0.120. The highest BCUT2D eigenvalue weighted by atomic mass is 32.1. The summed E-state index contributed by atoms with van der Waals surface area (Å²) >= 11 is 1.60. The Kier molecular flexibility index (Phi) is 5.05. The molecule has 31 heavy (non-hydrogen) atoms. The topological polar surface area (TPSA) is 63.1 Å². The monoisotopic (exact) mass is 441 g/mol. The Labute approximate surface area is 182 Å². The van der Waals surface area contributed by atoms with Crippen LogP contribution in [0.3, 0.4) is 0 Å². The van der Waals surface area contributed by atoms with E-state index in [2.05, 4.69) is 20.3 Å². The molecule has 1 saturated carbocycles. The quantitative estimate of drug-likeness (QED) is 0.634. The van der Waals surface area contributed by atoms with E-state index in [0.717, 1.165) is 41.5 Å². The van der Waals surface area contributed by atoms with E-state index in [1.165, 1.54) is 24.5 Å². The normalized spacial score (nSPS) is 16.7. The van der Waals surface area contributed by atoms with Gasteiger partial charge in [0.05, 0.1) is 5.69 Å². The van der Waals surface area contributed by atoms with Gasteiger partial charge in [0, 0.05) is 31.7 Å². The van der Waals surface area contributed by atoms with Crippen molar-refractivity contribution in [3.05, 3.63) is 64.4 Å². The van der Waals surface area contributed by atoms with E-state index < -0.39 is 23.2 Å². The van der Waals surface area contributed by atoms with Gasteiger partial charge in [-0.1, -0.05) is 11.6 Å². The Bertz CT molecular complexity index is 1150. The van der Waals surface area contributed by atoms with E-state index in [0.29, 0.717) is 12.5 Å². The Morgan fingerprint density at radius 3 is 2.71 bits per heavy atom. The summed E-state index contributed by atoms with van der Waals surface area (Å²) in [6.07, 6.45) is 5.13. The molecule has 0 radical (unpaired) electrons. The highest BCUT2D eigenvalue weighted by Crippen LogP contribution is 2.44. The third-order valence-corrected chi connectivity index (χ3v) is 6.60. The molecule has 0 atom stereocenters. The maximum Gasteiger partial charge on any atom is 0.276 e. The summed E-state index contributed by atoms with van der Waals surface area (Å²) in [7, 11) is 1.79. The second-order valence-corrected chi connectivity index (χ2v) is 8.73. The molecule has 3 aromatic rings. The Morgan fingerprint density at radius 1 is 1.26 bits per heavy atom. The predicted octanol–water partition coefficient (Wildman–Crippen LogP) is 4.48. The lowest BCUT2D eigenvalue weighted by Gasteiger charge is -2.31. The minimum atomic E-state index is -0.824. The van der Waals surface area contributed by atoms with Crippen molar-refractivity contribution >= 4 is 33.6 Å². The molecule has 1 N–H and O–H groups in total. The van der Waals surface area contributed by atoms with Crippen molar-refractivity contribution in [1.29, 1.82) is 0 Å². The number of thiazole rings is 1. The average molecular weight is 442 g/mol. The molecule has 9 heteroatoms. The number of para-hydroxylation sites is 1. The second kappa shape index (κ2) is 7.88. The first kappa shape index (κ1) is 19.9. The second-order valence-electron chi connectivity index (χ2n) is 7.85. The van der Waals surface area contributed by atoms with Crippen LogP contribution in [-0.4, -0.2) is 33.8 Å². The van der Waals surface area contributed by atoms with Crippen molar-refractivity contribution < 1.29 is 13.6 Å². The number of halogens is 2. The van der Waals surface area contributed by atoms with Crippen molar-refractivity contribution in [1.82, 2.24) is 14.8 Å². The van der Waals surface area contributed by atoms with Crippen molar-refractivity contribution in [2.24, 2.45) is 13.0 Å². The number of anilines is 2. The van der Waals surface area contributed by atoms with Gasteiger partial charge in [0.2, 0.25) is 0 Å². The van der Waals surface area contributed by atoms with Crippen LogP contribution < -0.4 is 10.2 Å². The van der Waals surface area contributed by atoms with Crippen LogP contribution in [0.1, 0.15) is 35.4 Å². The SMILES string of the molecule is Cn1nc(C(=O)Nc2c(F)cccc2F)cc1C1=C(C2CC2)CCN(c2nccs2)C1. The number of hydrogen-bond donors (Lipinski definition) is 1. The summed E-state index contributed by atoms with van der Waals surface area (Å²) in [4.78, 5) is 19.4. The summed E-state index contributed by atoms with van der Waals surface area (Å²) in [6, 6.07) is 5.16. The number of nitrogens with zero attached hydrogens (tertiary/aromatic N) is 4. The van der Waals surface area contributed by atoms with Gasteiger partial charge in [-0.05, 0) is 49.0 Å². The van der Waals surface area contributed by atoms with Gasteiger partial charge in [0.15, 0.2) is 10.8 Å². The number of benzene rings is 1. The molecule has 160 valence electrons. The summed E-state index contributed by atoms with van der Waals surface area (Å²) in [5.41, 5.74) is 3.08. The maximum atomic E-state index is 13.9. The molecule has 0 unspecified atom stereocenters. The molecule has 6 nitrogen and oxygen atoms in total. The first-order valence-electron chi connectivity index (χ1n) is 10.2. The highest BCUT2D eigenvalue weighted by molar-refractivity contribution is 7.13. The van der Waals surface area contributed by atoms with Gasteiger partial charge in [0.25, 0.3) is 5.91 Å². The van der Waals surface area contributed by atoms with E-state index in [-0.39, 0.29) is 5.69 Å². The number of aryl methyl sites for hydroxylation is 1. The molecular weight excluding hydrogens is 420 g/mol.